The normalized spacial score (nSPS) is 16.9. The summed E-state index contributed by atoms with van der Waals surface area (Å²) >= 11 is 0. The summed E-state index contributed by atoms with van der Waals surface area (Å²) in [6.45, 7) is 11.4. The molecule has 0 aromatic heterocycles. The van der Waals surface area contributed by atoms with E-state index in [1.165, 1.54) is 0 Å². The van der Waals surface area contributed by atoms with E-state index >= 15 is 4.11 Å². The molecule has 0 saturated heterocycles. The molecule has 1 unspecified atom stereocenters. The van der Waals surface area contributed by atoms with Crippen LogP contribution in [0.25, 0.3) is 0 Å². The van der Waals surface area contributed by atoms with Crippen molar-refractivity contribution in [3.8, 4) is 0 Å². The van der Waals surface area contributed by atoms with Crippen molar-refractivity contribution in [3.05, 3.63) is 30.3 Å². The Bertz CT molecular complexity index is 468. The molecule has 1 atom stereocenters. The minimum atomic E-state index is -3.97. The molecule has 21 heavy (non-hydrogen) atoms. The number of hydrogen-bond acceptors (Lipinski definition) is 1. The SMILES string of the molecule is CC(C)(C)[N]([Si](F)(c1ccccc1)C(C)(C)C)[Ge]([Cl])([Cl])[Cl]. The van der Waals surface area contributed by atoms with Crippen molar-refractivity contribution in [1.82, 2.24) is 3.52 Å². The van der Waals surface area contributed by atoms with Crippen LogP contribution < -0.4 is 5.19 Å². The van der Waals surface area contributed by atoms with Crippen molar-refractivity contribution >= 4 is 54.5 Å². The summed E-state index contributed by atoms with van der Waals surface area (Å²) in [4.78, 5) is 0. The van der Waals surface area contributed by atoms with Crippen LogP contribution in [0.2, 0.25) is 5.04 Å². The van der Waals surface area contributed by atoms with Gasteiger partial charge in [0.15, 0.2) is 0 Å². The van der Waals surface area contributed by atoms with Crippen molar-refractivity contribution in [2.24, 2.45) is 0 Å². The van der Waals surface area contributed by atoms with E-state index in [9.17, 15) is 0 Å². The average molecular weight is 431 g/mol. The van der Waals surface area contributed by atoms with Gasteiger partial charge in [-0.2, -0.15) is 0 Å². The Hall–Kier alpha value is 0.740. The van der Waals surface area contributed by atoms with Gasteiger partial charge in [0.05, 0.1) is 0 Å². The van der Waals surface area contributed by atoms with E-state index in [1.807, 2.05) is 71.9 Å². The molecule has 0 amide bonds. The van der Waals surface area contributed by atoms with Gasteiger partial charge < -0.3 is 0 Å². The molecule has 0 N–H and O–H groups in total. The topological polar surface area (TPSA) is 3.24 Å². The Balaban J connectivity index is 3.65. The van der Waals surface area contributed by atoms with Crippen LogP contribution >= 0.6 is 30.0 Å². The summed E-state index contributed by atoms with van der Waals surface area (Å²) in [7, 11) is 11.4. The zero-order valence-corrected chi connectivity index (χ0v) is 18.7. The van der Waals surface area contributed by atoms with Gasteiger partial charge in [-0.15, -0.1) is 0 Å². The van der Waals surface area contributed by atoms with E-state index in [0.29, 0.717) is 5.19 Å². The Morgan fingerprint density at radius 1 is 0.952 bits per heavy atom. The molecule has 120 valence electrons. The molecule has 0 aliphatic carbocycles. The first-order valence-corrected chi connectivity index (χ1v) is 17.9. The average Bonchev–Trinajstić information content (AvgIpc) is 2.24. The molecular formula is C14H23Cl3FGeNSi. The first kappa shape index (κ1) is 19.8. The molecular weight excluding hydrogens is 408 g/mol. The molecule has 0 spiro atoms. The van der Waals surface area contributed by atoms with Crippen LogP contribution in [0, 0.1) is 0 Å². The fourth-order valence-electron chi connectivity index (χ4n) is 2.57. The fourth-order valence-corrected chi connectivity index (χ4v) is 22.4. The second kappa shape index (κ2) is 6.33. The summed E-state index contributed by atoms with van der Waals surface area (Å²) in [5, 5.41) is 0.0425. The molecule has 0 aliphatic rings. The van der Waals surface area contributed by atoms with Gasteiger partial charge in [0.2, 0.25) is 0 Å². The molecule has 1 nitrogen and oxygen atoms in total. The van der Waals surface area contributed by atoms with Gasteiger partial charge in [0.25, 0.3) is 0 Å². The van der Waals surface area contributed by atoms with Gasteiger partial charge in [0, 0.05) is 0 Å². The molecule has 0 aliphatic heterocycles. The number of hydrogen-bond donors (Lipinski definition) is 0. The van der Waals surface area contributed by atoms with Crippen molar-refractivity contribution in [1.29, 1.82) is 0 Å². The Morgan fingerprint density at radius 2 is 1.38 bits per heavy atom. The Kier molecular flexibility index (Phi) is 5.96. The molecule has 0 radical (unpaired) electrons. The van der Waals surface area contributed by atoms with Crippen LogP contribution in [-0.2, 0) is 0 Å². The summed E-state index contributed by atoms with van der Waals surface area (Å²) in [6, 6.07) is 9.19. The van der Waals surface area contributed by atoms with Crippen molar-refractivity contribution in [2.75, 3.05) is 0 Å². The van der Waals surface area contributed by atoms with Crippen molar-refractivity contribution in [3.63, 3.8) is 0 Å². The molecule has 0 heterocycles. The third-order valence-electron chi connectivity index (χ3n) is 3.38. The van der Waals surface area contributed by atoms with Gasteiger partial charge in [-0.3, -0.25) is 0 Å². The van der Waals surface area contributed by atoms with E-state index in [1.54, 1.807) is 3.52 Å². The molecule has 0 fully saturated rings. The number of rotatable bonds is 3. The zero-order chi connectivity index (χ0) is 16.7. The first-order chi connectivity index (χ1) is 9.22. The molecule has 1 aromatic rings. The van der Waals surface area contributed by atoms with E-state index in [4.69, 9.17) is 30.0 Å². The summed E-state index contributed by atoms with van der Waals surface area (Å²) in [6.07, 6.45) is 0. The van der Waals surface area contributed by atoms with Gasteiger partial charge in [-0.05, 0) is 0 Å². The van der Waals surface area contributed by atoms with Crippen LogP contribution in [0.4, 0.5) is 4.11 Å². The fraction of sp³-hybridized carbons (Fsp3) is 0.571. The van der Waals surface area contributed by atoms with Crippen LogP contribution in [0.3, 0.4) is 0 Å². The van der Waals surface area contributed by atoms with Crippen LogP contribution in [0.15, 0.2) is 30.3 Å². The Morgan fingerprint density at radius 3 is 1.67 bits per heavy atom. The number of halogens is 4. The summed E-state index contributed by atoms with van der Waals surface area (Å²) in [5.74, 6) is 0. The zero-order valence-electron chi connectivity index (χ0n) is 13.3. The monoisotopic (exact) mass is 431 g/mol. The van der Waals surface area contributed by atoms with Crippen molar-refractivity contribution in [2.45, 2.75) is 52.1 Å². The van der Waals surface area contributed by atoms with Gasteiger partial charge in [0.1, 0.15) is 0 Å². The van der Waals surface area contributed by atoms with Crippen LogP contribution in [-0.4, -0.2) is 28.3 Å². The number of benzene rings is 1. The predicted octanol–water partition coefficient (Wildman–Crippen LogP) is 5.36. The second-order valence-corrected chi connectivity index (χ2v) is 26.4. The third kappa shape index (κ3) is 4.18. The van der Waals surface area contributed by atoms with Gasteiger partial charge in [-0.25, -0.2) is 0 Å². The molecule has 0 bridgehead atoms. The quantitative estimate of drug-likeness (QED) is 0.460. The van der Waals surface area contributed by atoms with Crippen molar-refractivity contribution < 1.29 is 4.11 Å². The third-order valence-corrected chi connectivity index (χ3v) is 18.8. The van der Waals surface area contributed by atoms with Crippen LogP contribution in [0.5, 0.6) is 0 Å². The minimum absolute atomic E-state index is 0.546. The van der Waals surface area contributed by atoms with Gasteiger partial charge >= 0.3 is 145 Å². The maximum absolute atomic E-state index is 16.5. The second-order valence-electron chi connectivity index (χ2n) is 7.21. The van der Waals surface area contributed by atoms with Gasteiger partial charge in [-0.1, -0.05) is 0 Å². The first-order valence-electron chi connectivity index (χ1n) is 6.84. The van der Waals surface area contributed by atoms with E-state index in [2.05, 4.69) is 0 Å². The maximum atomic E-state index is 16.5. The summed E-state index contributed by atoms with van der Waals surface area (Å²) in [5.41, 5.74) is -0.546. The molecule has 7 heteroatoms. The van der Waals surface area contributed by atoms with E-state index in [-0.39, 0.29) is 0 Å². The van der Waals surface area contributed by atoms with E-state index < -0.39 is 29.8 Å². The Labute approximate surface area is 144 Å². The predicted molar refractivity (Wildman–Crippen MR) is 97.6 cm³/mol. The molecule has 0 saturated carbocycles. The number of nitrogens with zero attached hydrogens (tertiary/aromatic N) is 1. The van der Waals surface area contributed by atoms with E-state index in [0.717, 1.165) is 0 Å². The summed E-state index contributed by atoms with van der Waals surface area (Å²) < 4.78 is 18.2. The van der Waals surface area contributed by atoms with Crippen LogP contribution in [0.1, 0.15) is 41.5 Å². The standard InChI is InChI=1S/C14H23Cl3FGeNSi/c1-13(2,3)20(19(15,16)17)21(18,14(4,5)6)12-10-8-7-9-11-12/h7-11H,1-6H3. The molecule has 1 aromatic carbocycles. The molecule has 1 rings (SSSR count).